The van der Waals surface area contributed by atoms with Crippen LogP contribution in [0.1, 0.15) is 18.1 Å². The summed E-state index contributed by atoms with van der Waals surface area (Å²) in [7, 11) is 5.10. The molecule has 0 saturated heterocycles. The van der Waals surface area contributed by atoms with E-state index in [0.717, 1.165) is 41.7 Å². The van der Waals surface area contributed by atoms with E-state index in [1.807, 2.05) is 43.3 Å². The highest BCUT2D eigenvalue weighted by Crippen LogP contribution is 2.27. The van der Waals surface area contributed by atoms with Gasteiger partial charge in [0.2, 0.25) is 0 Å². The van der Waals surface area contributed by atoms with Crippen LogP contribution in [0.15, 0.2) is 47.5 Å². The molecule has 0 fully saturated rings. The van der Waals surface area contributed by atoms with Gasteiger partial charge in [0, 0.05) is 20.1 Å². The largest absolute Gasteiger partial charge is 0.496 e. The molecule has 0 aliphatic carbocycles. The highest BCUT2D eigenvalue weighted by molar-refractivity contribution is 14.0. The van der Waals surface area contributed by atoms with Crippen LogP contribution in [-0.2, 0) is 13.0 Å². The van der Waals surface area contributed by atoms with Gasteiger partial charge in [0.05, 0.1) is 20.8 Å². The van der Waals surface area contributed by atoms with Gasteiger partial charge in [0.25, 0.3) is 0 Å². The summed E-state index contributed by atoms with van der Waals surface area (Å²) in [6, 6.07) is 14.0. The Morgan fingerprint density at radius 1 is 0.964 bits per heavy atom. The Morgan fingerprint density at radius 3 is 2.39 bits per heavy atom. The van der Waals surface area contributed by atoms with Gasteiger partial charge in [-0.25, -0.2) is 0 Å². The summed E-state index contributed by atoms with van der Waals surface area (Å²) in [5.41, 5.74) is 2.25. The van der Waals surface area contributed by atoms with Crippen LogP contribution in [0, 0.1) is 0 Å². The van der Waals surface area contributed by atoms with Crippen LogP contribution in [-0.4, -0.2) is 40.4 Å². The molecule has 0 amide bonds. The lowest BCUT2D eigenvalue weighted by molar-refractivity contribution is 0.310. The van der Waals surface area contributed by atoms with Crippen molar-refractivity contribution in [2.45, 2.75) is 19.9 Å². The van der Waals surface area contributed by atoms with E-state index in [-0.39, 0.29) is 24.0 Å². The minimum absolute atomic E-state index is 0. The van der Waals surface area contributed by atoms with Crippen molar-refractivity contribution in [3.05, 3.63) is 53.6 Å². The maximum Gasteiger partial charge on any atom is 0.191 e. The molecular weight excluding hydrogens is 469 g/mol. The lowest BCUT2D eigenvalue weighted by atomic mass is 10.1. The number of halogens is 1. The molecule has 28 heavy (non-hydrogen) atoms. The van der Waals surface area contributed by atoms with E-state index in [1.54, 1.807) is 21.3 Å². The van der Waals surface area contributed by atoms with Crippen LogP contribution < -0.4 is 24.8 Å². The molecule has 2 aromatic carbocycles. The van der Waals surface area contributed by atoms with E-state index in [1.165, 1.54) is 5.56 Å². The number of nitrogens with one attached hydrogen (secondary N) is 2. The Hall–Kier alpha value is -2.16. The van der Waals surface area contributed by atoms with Gasteiger partial charge in [0.1, 0.15) is 5.75 Å². The Bertz CT molecular complexity index is 753. The van der Waals surface area contributed by atoms with Gasteiger partial charge in [-0.2, -0.15) is 0 Å². The Balaban J connectivity index is 0.00000392. The molecule has 0 saturated carbocycles. The van der Waals surface area contributed by atoms with Crippen molar-refractivity contribution < 1.29 is 14.2 Å². The van der Waals surface area contributed by atoms with Crippen LogP contribution in [0.4, 0.5) is 0 Å². The van der Waals surface area contributed by atoms with E-state index in [9.17, 15) is 0 Å². The highest BCUT2D eigenvalue weighted by Gasteiger charge is 2.06. The molecule has 0 aliphatic heterocycles. The SMILES string of the molecule is CCOc1ccc(CNC(=NC)NCCc2ccccc2OC)cc1OC.I. The molecule has 7 heteroatoms. The molecule has 0 spiro atoms. The first-order chi connectivity index (χ1) is 13.2. The fraction of sp³-hybridized carbons (Fsp3) is 0.381. The minimum Gasteiger partial charge on any atom is -0.496 e. The standard InChI is InChI=1S/C21H29N3O3.HI/c1-5-27-19-11-10-16(14-20(19)26-4)15-24-21(22-2)23-13-12-17-8-6-7-9-18(17)25-3;/h6-11,14H,5,12-13,15H2,1-4H3,(H2,22,23,24);1H. The Labute approximate surface area is 184 Å². The van der Waals surface area contributed by atoms with E-state index in [2.05, 4.69) is 21.7 Å². The average Bonchev–Trinajstić information content (AvgIpc) is 2.71. The topological polar surface area (TPSA) is 64.1 Å². The van der Waals surface area contributed by atoms with Crippen molar-refractivity contribution in [3.8, 4) is 17.2 Å². The molecular formula is C21H30IN3O3. The van der Waals surface area contributed by atoms with Crippen molar-refractivity contribution in [1.29, 1.82) is 0 Å². The number of guanidine groups is 1. The normalized spacial score (nSPS) is 10.6. The number of hydrogen-bond donors (Lipinski definition) is 2. The summed E-state index contributed by atoms with van der Waals surface area (Å²) >= 11 is 0. The third kappa shape index (κ3) is 7.10. The zero-order valence-corrected chi connectivity index (χ0v) is 19.3. The molecule has 0 aliphatic rings. The molecule has 0 unspecified atom stereocenters. The van der Waals surface area contributed by atoms with Crippen LogP contribution in [0.5, 0.6) is 17.2 Å². The fourth-order valence-corrected chi connectivity index (χ4v) is 2.73. The Morgan fingerprint density at radius 2 is 1.71 bits per heavy atom. The molecule has 2 rings (SSSR count). The second-order valence-electron chi connectivity index (χ2n) is 5.83. The number of rotatable bonds is 9. The molecule has 6 nitrogen and oxygen atoms in total. The zero-order valence-electron chi connectivity index (χ0n) is 17.0. The van der Waals surface area contributed by atoms with Crippen LogP contribution >= 0.6 is 24.0 Å². The lowest BCUT2D eigenvalue weighted by Gasteiger charge is -2.14. The van der Waals surface area contributed by atoms with Crippen molar-refractivity contribution in [3.63, 3.8) is 0 Å². The smallest absolute Gasteiger partial charge is 0.191 e. The fourth-order valence-electron chi connectivity index (χ4n) is 2.73. The summed E-state index contributed by atoms with van der Waals surface area (Å²) in [4.78, 5) is 4.27. The molecule has 0 radical (unpaired) electrons. The van der Waals surface area contributed by atoms with Crippen molar-refractivity contribution >= 4 is 29.9 Å². The monoisotopic (exact) mass is 499 g/mol. The average molecular weight is 499 g/mol. The van der Waals surface area contributed by atoms with E-state index >= 15 is 0 Å². The molecule has 0 aromatic heterocycles. The predicted molar refractivity (Wildman–Crippen MR) is 124 cm³/mol. The number of aliphatic imine (C=N–C) groups is 1. The van der Waals surface area contributed by atoms with Crippen LogP contribution in [0.3, 0.4) is 0 Å². The number of nitrogens with zero attached hydrogens (tertiary/aromatic N) is 1. The number of ether oxygens (including phenoxy) is 3. The first-order valence-electron chi connectivity index (χ1n) is 9.08. The summed E-state index contributed by atoms with van der Waals surface area (Å²) in [5, 5.41) is 6.64. The third-order valence-corrected chi connectivity index (χ3v) is 4.09. The second-order valence-corrected chi connectivity index (χ2v) is 5.83. The van der Waals surface area contributed by atoms with Gasteiger partial charge in [-0.3, -0.25) is 4.99 Å². The third-order valence-electron chi connectivity index (χ3n) is 4.09. The highest BCUT2D eigenvalue weighted by atomic mass is 127. The summed E-state index contributed by atoms with van der Waals surface area (Å²) in [6.45, 7) is 3.95. The van der Waals surface area contributed by atoms with Crippen molar-refractivity contribution in [2.24, 2.45) is 4.99 Å². The first kappa shape index (κ1) is 23.9. The van der Waals surface area contributed by atoms with Crippen molar-refractivity contribution in [2.75, 3.05) is 34.4 Å². The predicted octanol–water partition coefficient (Wildman–Crippen LogP) is 3.63. The maximum absolute atomic E-state index is 5.55. The van der Waals surface area contributed by atoms with E-state index in [0.29, 0.717) is 13.2 Å². The lowest BCUT2D eigenvalue weighted by Crippen LogP contribution is -2.37. The summed E-state index contributed by atoms with van der Waals surface area (Å²) in [5.74, 6) is 3.14. The molecule has 2 aromatic rings. The number of hydrogen-bond acceptors (Lipinski definition) is 4. The van der Waals surface area contributed by atoms with Crippen LogP contribution in [0.2, 0.25) is 0 Å². The first-order valence-corrected chi connectivity index (χ1v) is 9.08. The summed E-state index contributed by atoms with van der Waals surface area (Å²) < 4.78 is 16.3. The number of benzene rings is 2. The van der Waals surface area contributed by atoms with Gasteiger partial charge in [0.15, 0.2) is 17.5 Å². The number of para-hydroxylation sites is 1. The van der Waals surface area contributed by atoms with E-state index < -0.39 is 0 Å². The van der Waals surface area contributed by atoms with Gasteiger partial charge in [-0.1, -0.05) is 24.3 Å². The zero-order chi connectivity index (χ0) is 19.5. The van der Waals surface area contributed by atoms with Crippen LogP contribution in [0.25, 0.3) is 0 Å². The molecule has 154 valence electrons. The van der Waals surface area contributed by atoms with Gasteiger partial charge >= 0.3 is 0 Å². The molecule has 0 bridgehead atoms. The van der Waals surface area contributed by atoms with Gasteiger partial charge in [-0.05, 0) is 42.7 Å². The maximum atomic E-state index is 5.55. The van der Waals surface area contributed by atoms with Gasteiger partial charge in [-0.15, -0.1) is 24.0 Å². The summed E-state index contributed by atoms with van der Waals surface area (Å²) in [6.07, 6.45) is 0.849. The van der Waals surface area contributed by atoms with Crippen molar-refractivity contribution in [1.82, 2.24) is 10.6 Å². The minimum atomic E-state index is 0. The quantitative estimate of drug-likeness (QED) is 0.314. The molecule has 2 N–H and O–H groups in total. The molecule has 0 atom stereocenters. The number of methoxy groups -OCH3 is 2. The second kappa shape index (κ2) is 13.1. The Kier molecular flexibility index (Phi) is 11.2. The van der Waals surface area contributed by atoms with Gasteiger partial charge < -0.3 is 24.8 Å². The molecule has 0 heterocycles. The van der Waals surface area contributed by atoms with E-state index in [4.69, 9.17) is 14.2 Å².